The minimum Gasteiger partial charge on any atom is -0.0649 e. The number of hydrogen-bond acceptors (Lipinski definition) is 0. The van der Waals surface area contributed by atoms with Gasteiger partial charge in [-0.15, -0.1) is 0 Å². The first-order valence-electron chi connectivity index (χ1n) is 10.6. The van der Waals surface area contributed by atoms with Crippen molar-refractivity contribution >= 4 is 16.8 Å². The van der Waals surface area contributed by atoms with Crippen molar-refractivity contribution in [3.63, 3.8) is 0 Å². The van der Waals surface area contributed by atoms with Gasteiger partial charge in [0.25, 0.3) is 0 Å². The lowest BCUT2D eigenvalue weighted by atomic mass is 9.84. The van der Waals surface area contributed by atoms with E-state index >= 15 is 0 Å². The second-order valence-electron chi connectivity index (χ2n) is 8.54. The molecule has 3 aromatic carbocycles. The summed E-state index contributed by atoms with van der Waals surface area (Å²) in [5, 5.41) is 2.69. The van der Waals surface area contributed by atoms with Crippen molar-refractivity contribution in [3.05, 3.63) is 76.9 Å². The maximum Gasteiger partial charge on any atom is -0.00549 e. The Morgan fingerprint density at radius 3 is 2.52 bits per heavy atom. The quantitative estimate of drug-likeness (QED) is 0.452. The topological polar surface area (TPSA) is 0 Å². The Kier molecular flexibility index (Phi) is 4.36. The van der Waals surface area contributed by atoms with Gasteiger partial charge in [0.1, 0.15) is 0 Å². The van der Waals surface area contributed by atoms with Crippen LogP contribution in [-0.4, -0.2) is 0 Å². The molecule has 1 saturated carbocycles. The first-order chi connectivity index (χ1) is 13.3. The molecular weight excluding hydrogens is 324 g/mol. The van der Waals surface area contributed by atoms with Gasteiger partial charge in [-0.25, -0.2) is 0 Å². The number of rotatable bonds is 3. The van der Waals surface area contributed by atoms with Crippen LogP contribution in [0, 0.1) is 12.8 Å². The molecular formula is C27H28. The molecule has 3 aromatic rings. The number of hydrogen-bond donors (Lipinski definition) is 0. The van der Waals surface area contributed by atoms with Crippen LogP contribution < -0.4 is 0 Å². The third-order valence-corrected chi connectivity index (χ3v) is 6.70. The molecule has 0 N–H and O–H groups in total. The van der Waals surface area contributed by atoms with E-state index in [1.54, 1.807) is 11.1 Å². The van der Waals surface area contributed by atoms with Gasteiger partial charge in [-0.2, -0.15) is 0 Å². The molecule has 0 saturated heterocycles. The molecule has 0 amide bonds. The van der Waals surface area contributed by atoms with Crippen LogP contribution in [0.1, 0.15) is 55.2 Å². The Morgan fingerprint density at radius 2 is 1.63 bits per heavy atom. The zero-order chi connectivity index (χ0) is 18.2. The van der Waals surface area contributed by atoms with E-state index in [2.05, 4.69) is 67.6 Å². The van der Waals surface area contributed by atoms with Gasteiger partial charge in [-0.1, -0.05) is 98.4 Å². The Balaban J connectivity index is 1.57. The monoisotopic (exact) mass is 352 g/mol. The molecule has 0 radical (unpaired) electrons. The zero-order valence-corrected chi connectivity index (χ0v) is 16.3. The van der Waals surface area contributed by atoms with E-state index in [-0.39, 0.29) is 0 Å². The molecule has 0 atom stereocenters. The molecule has 2 aliphatic rings. The highest BCUT2D eigenvalue weighted by molar-refractivity contribution is 5.99. The minimum absolute atomic E-state index is 0.917. The first kappa shape index (κ1) is 16.8. The zero-order valence-electron chi connectivity index (χ0n) is 16.3. The third-order valence-electron chi connectivity index (χ3n) is 6.70. The predicted octanol–water partition coefficient (Wildman–Crippen LogP) is 7.73. The molecule has 0 spiro atoms. The van der Waals surface area contributed by atoms with Crippen molar-refractivity contribution in [3.8, 4) is 11.1 Å². The van der Waals surface area contributed by atoms with Gasteiger partial charge in [0.2, 0.25) is 0 Å². The van der Waals surface area contributed by atoms with Gasteiger partial charge in [-0.3, -0.25) is 0 Å². The van der Waals surface area contributed by atoms with E-state index in [0.717, 1.165) is 12.3 Å². The molecule has 0 unspecified atom stereocenters. The highest BCUT2D eigenvalue weighted by Crippen LogP contribution is 2.41. The molecule has 0 heteroatoms. The molecule has 5 rings (SSSR count). The molecule has 0 heterocycles. The second kappa shape index (κ2) is 7.00. The van der Waals surface area contributed by atoms with Gasteiger partial charge in [0.05, 0.1) is 0 Å². The van der Waals surface area contributed by atoms with Gasteiger partial charge in [0, 0.05) is 0 Å². The Hall–Kier alpha value is -2.34. The summed E-state index contributed by atoms with van der Waals surface area (Å²) in [5.41, 5.74) is 8.94. The molecule has 0 nitrogen and oxygen atoms in total. The molecule has 0 bridgehead atoms. The van der Waals surface area contributed by atoms with Gasteiger partial charge in [-0.05, 0) is 64.3 Å². The maximum atomic E-state index is 2.54. The predicted molar refractivity (Wildman–Crippen MR) is 117 cm³/mol. The smallest absolute Gasteiger partial charge is 0.00549 e. The number of allylic oxidation sites excluding steroid dienone is 1. The van der Waals surface area contributed by atoms with Gasteiger partial charge >= 0.3 is 0 Å². The highest BCUT2D eigenvalue weighted by atomic mass is 14.3. The lowest BCUT2D eigenvalue weighted by Gasteiger charge is -2.21. The Labute approximate surface area is 162 Å². The van der Waals surface area contributed by atoms with Crippen molar-refractivity contribution in [2.75, 3.05) is 0 Å². The normalized spacial score (nSPS) is 17.1. The van der Waals surface area contributed by atoms with Gasteiger partial charge < -0.3 is 0 Å². The van der Waals surface area contributed by atoms with Crippen LogP contribution in [0.3, 0.4) is 0 Å². The van der Waals surface area contributed by atoms with Crippen LogP contribution in [-0.2, 0) is 6.42 Å². The molecule has 1 fully saturated rings. The number of benzene rings is 3. The van der Waals surface area contributed by atoms with E-state index in [1.807, 2.05) is 0 Å². The van der Waals surface area contributed by atoms with Crippen molar-refractivity contribution in [2.45, 2.75) is 51.9 Å². The van der Waals surface area contributed by atoms with Crippen LogP contribution in [0.5, 0.6) is 0 Å². The first-order valence-corrected chi connectivity index (χ1v) is 10.6. The van der Waals surface area contributed by atoms with Crippen LogP contribution in [0.4, 0.5) is 0 Å². The summed E-state index contributed by atoms with van der Waals surface area (Å²) < 4.78 is 0. The van der Waals surface area contributed by atoms with Crippen LogP contribution in [0.2, 0.25) is 0 Å². The summed E-state index contributed by atoms with van der Waals surface area (Å²) in [6.45, 7) is 2.28. The number of fused-ring (bicyclic) bond motifs is 2. The summed E-state index contributed by atoms with van der Waals surface area (Å²) in [6.07, 6.45) is 12.2. The SMILES string of the molecule is Cc1ccc(-c2cccc3ccccc23)c2c1CC(CC1CCCCC1)=C2. The average Bonchev–Trinajstić information content (AvgIpc) is 3.13. The lowest BCUT2D eigenvalue weighted by molar-refractivity contribution is 0.355. The highest BCUT2D eigenvalue weighted by Gasteiger charge is 2.22. The molecule has 0 aromatic heterocycles. The fourth-order valence-corrected chi connectivity index (χ4v) is 5.24. The lowest BCUT2D eigenvalue weighted by Crippen LogP contribution is -2.07. The standard InChI is InChI=1S/C27H28/c1-19-14-15-25(24-13-7-11-22-10-5-6-12-23(22)24)27-18-21(17-26(19)27)16-20-8-3-2-4-9-20/h5-7,10-15,18,20H,2-4,8-9,16-17H2,1H3. The molecule has 27 heavy (non-hydrogen) atoms. The summed E-state index contributed by atoms with van der Waals surface area (Å²) in [4.78, 5) is 0. The Bertz CT molecular complexity index is 1010. The van der Waals surface area contributed by atoms with E-state index in [1.165, 1.54) is 71.6 Å². The van der Waals surface area contributed by atoms with Crippen LogP contribution in [0.25, 0.3) is 28.0 Å². The largest absolute Gasteiger partial charge is 0.0649 e. The van der Waals surface area contributed by atoms with E-state index in [9.17, 15) is 0 Å². The maximum absolute atomic E-state index is 2.54. The van der Waals surface area contributed by atoms with Gasteiger partial charge in [0.15, 0.2) is 0 Å². The third kappa shape index (κ3) is 3.12. The van der Waals surface area contributed by atoms with E-state index in [4.69, 9.17) is 0 Å². The van der Waals surface area contributed by atoms with Crippen molar-refractivity contribution in [1.29, 1.82) is 0 Å². The second-order valence-corrected chi connectivity index (χ2v) is 8.54. The molecule has 136 valence electrons. The summed E-state index contributed by atoms with van der Waals surface area (Å²) in [7, 11) is 0. The van der Waals surface area contributed by atoms with Crippen LogP contribution in [0.15, 0.2) is 60.2 Å². The summed E-state index contributed by atoms with van der Waals surface area (Å²) >= 11 is 0. The number of aryl methyl sites for hydroxylation is 1. The van der Waals surface area contributed by atoms with Crippen molar-refractivity contribution in [2.24, 2.45) is 5.92 Å². The Morgan fingerprint density at radius 1 is 0.815 bits per heavy atom. The molecule has 2 aliphatic carbocycles. The summed E-state index contributed by atoms with van der Waals surface area (Å²) in [5.74, 6) is 0.917. The fraction of sp³-hybridized carbons (Fsp3) is 0.333. The van der Waals surface area contributed by atoms with Crippen molar-refractivity contribution < 1.29 is 0 Å². The fourth-order valence-electron chi connectivity index (χ4n) is 5.24. The van der Waals surface area contributed by atoms with E-state index in [0.29, 0.717) is 0 Å². The van der Waals surface area contributed by atoms with E-state index < -0.39 is 0 Å². The van der Waals surface area contributed by atoms with Crippen LogP contribution >= 0.6 is 0 Å². The average molecular weight is 353 g/mol. The molecule has 0 aliphatic heterocycles. The minimum atomic E-state index is 0.917. The summed E-state index contributed by atoms with van der Waals surface area (Å²) in [6, 6.07) is 20.2. The van der Waals surface area contributed by atoms with Crippen molar-refractivity contribution in [1.82, 2.24) is 0 Å².